The van der Waals surface area contributed by atoms with E-state index in [0.717, 1.165) is 12.8 Å². The van der Waals surface area contributed by atoms with Gasteiger partial charge in [0.25, 0.3) is 0 Å². The normalized spacial score (nSPS) is 14.2. The summed E-state index contributed by atoms with van der Waals surface area (Å²) in [6.45, 7) is 7.71. The molecule has 15 heavy (non-hydrogen) atoms. The van der Waals surface area contributed by atoms with Crippen LogP contribution >= 0.6 is 0 Å². The van der Waals surface area contributed by atoms with Gasteiger partial charge in [-0.15, -0.1) is 0 Å². The Balaban J connectivity index is 3.88. The van der Waals surface area contributed by atoms with Gasteiger partial charge in [0.15, 0.2) is 0 Å². The summed E-state index contributed by atoms with van der Waals surface area (Å²) in [6, 6.07) is 0. The summed E-state index contributed by atoms with van der Waals surface area (Å²) < 4.78 is 10.8. The number of aliphatic hydroxyl groups excluding tert-OH is 1. The molecule has 0 spiro atoms. The summed E-state index contributed by atoms with van der Waals surface area (Å²) in [5, 5.41) is 9.54. The zero-order valence-electron chi connectivity index (χ0n) is 10.2. The van der Waals surface area contributed by atoms with E-state index < -0.39 is 6.10 Å². The van der Waals surface area contributed by atoms with E-state index in [1.807, 2.05) is 20.8 Å². The van der Waals surface area contributed by atoms with Crippen molar-refractivity contribution in [1.29, 1.82) is 0 Å². The van der Waals surface area contributed by atoms with Crippen LogP contribution in [0.2, 0.25) is 0 Å². The van der Waals surface area contributed by atoms with Gasteiger partial charge in [-0.25, -0.2) is 0 Å². The van der Waals surface area contributed by atoms with E-state index in [0.29, 0.717) is 26.4 Å². The molecular formula is C11H25NO3. The fraction of sp³-hybridized carbons (Fsp3) is 1.00. The molecule has 1 unspecified atom stereocenters. The molecule has 4 nitrogen and oxygen atoms in total. The van der Waals surface area contributed by atoms with Crippen molar-refractivity contribution < 1.29 is 14.6 Å². The summed E-state index contributed by atoms with van der Waals surface area (Å²) in [5.74, 6) is 0. The van der Waals surface area contributed by atoms with E-state index in [4.69, 9.17) is 15.2 Å². The molecule has 0 aromatic carbocycles. The smallest absolute Gasteiger partial charge is 0.101 e. The van der Waals surface area contributed by atoms with Crippen LogP contribution in [0.15, 0.2) is 0 Å². The van der Waals surface area contributed by atoms with Crippen molar-refractivity contribution >= 4 is 0 Å². The molecule has 0 heterocycles. The Morgan fingerprint density at radius 3 is 2.20 bits per heavy atom. The van der Waals surface area contributed by atoms with Crippen molar-refractivity contribution in [1.82, 2.24) is 0 Å². The van der Waals surface area contributed by atoms with Crippen molar-refractivity contribution in [2.24, 2.45) is 5.73 Å². The van der Waals surface area contributed by atoms with Gasteiger partial charge < -0.3 is 20.3 Å². The fourth-order valence-electron chi connectivity index (χ4n) is 1.38. The van der Waals surface area contributed by atoms with Gasteiger partial charge in [0.05, 0.1) is 18.8 Å². The predicted octanol–water partition coefficient (Wildman–Crippen LogP) is 0.918. The van der Waals surface area contributed by atoms with Crippen LogP contribution in [0.4, 0.5) is 0 Å². The van der Waals surface area contributed by atoms with Gasteiger partial charge in [0.1, 0.15) is 6.10 Å². The monoisotopic (exact) mass is 219 g/mol. The Labute approximate surface area is 92.7 Å². The van der Waals surface area contributed by atoms with Crippen molar-refractivity contribution in [3.05, 3.63) is 0 Å². The first-order valence-corrected chi connectivity index (χ1v) is 5.74. The lowest BCUT2D eigenvalue weighted by Gasteiger charge is -2.31. The molecule has 0 aliphatic rings. The Hall–Kier alpha value is -0.160. The van der Waals surface area contributed by atoms with E-state index in [1.165, 1.54) is 0 Å². The van der Waals surface area contributed by atoms with Crippen LogP contribution in [0.1, 0.15) is 33.6 Å². The Bertz CT molecular complexity index is 141. The van der Waals surface area contributed by atoms with Gasteiger partial charge in [0.2, 0.25) is 0 Å². The summed E-state index contributed by atoms with van der Waals surface area (Å²) in [7, 11) is 0. The third kappa shape index (κ3) is 5.47. The fourth-order valence-corrected chi connectivity index (χ4v) is 1.38. The van der Waals surface area contributed by atoms with Gasteiger partial charge in [-0.1, -0.05) is 13.8 Å². The zero-order chi connectivity index (χ0) is 11.7. The molecule has 0 saturated heterocycles. The second-order valence-corrected chi connectivity index (χ2v) is 3.72. The van der Waals surface area contributed by atoms with Crippen LogP contribution < -0.4 is 5.73 Å². The molecule has 0 saturated carbocycles. The number of aliphatic hydroxyl groups is 1. The molecule has 1 atom stereocenters. The Morgan fingerprint density at radius 1 is 1.20 bits per heavy atom. The number of nitrogens with two attached hydrogens (primary N) is 1. The molecule has 0 radical (unpaired) electrons. The second kappa shape index (κ2) is 8.05. The zero-order valence-corrected chi connectivity index (χ0v) is 10.2. The molecule has 0 bridgehead atoms. The maximum Gasteiger partial charge on any atom is 0.101 e. The maximum atomic E-state index is 9.54. The summed E-state index contributed by atoms with van der Waals surface area (Å²) in [6.07, 6.45) is 1.16. The highest BCUT2D eigenvalue weighted by Gasteiger charge is 2.25. The largest absolute Gasteiger partial charge is 0.388 e. The number of hydrogen-bond donors (Lipinski definition) is 2. The summed E-state index contributed by atoms with van der Waals surface area (Å²) >= 11 is 0. The Kier molecular flexibility index (Phi) is 7.96. The van der Waals surface area contributed by atoms with E-state index in [-0.39, 0.29) is 5.60 Å². The van der Waals surface area contributed by atoms with Crippen LogP contribution in [0.3, 0.4) is 0 Å². The van der Waals surface area contributed by atoms with Crippen molar-refractivity contribution in [3.63, 3.8) is 0 Å². The summed E-state index contributed by atoms with van der Waals surface area (Å²) in [4.78, 5) is 0. The van der Waals surface area contributed by atoms with Crippen LogP contribution in [-0.2, 0) is 9.47 Å². The molecule has 0 amide bonds. The van der Waals surface area contributed by atoms with Crippen LogP contribution in [0.5, 0.6) is 0 Å². The molecule has 4 heteroatoms. The second-order valence-electron chi connectivity index (χ2n) is 3.72. The third-order valence-electron chi connectivity index (χ3n) is 2.76. The number of ether oxygens (including phenoxy) is 2. The number of hydrogen-bond acceptors (Lipinski definition) is 4. The summed E-state index contributed by atoms with van der Waals surface area (Å²) in [5.41, 5.74) is 5.39. The molecule has 92 valence electrons. The molecule has 0 aromatic rings. The lowest BCUT2D eigenvalue weighted by molar-refractivity contribution is -0.0938. The maximum absolute atomic E-state index is 9.54. The average Bonchev–Trinajstić information content (AvgIpc) is 2.29. The minimum atomic E-state index is -0.561. The van der Waals surface area contributed by atoms with Gasteiger partial charge >= 0.3 is 0 Å². The van der Waals surface area contributed by atoms with Gasteiger partial charge in [-0.2, -0.15) is 0 Å². The van der Waals surface area contributed by atoms with Crippen molar-refractivity contribution in [2.45, 2.75) is 45.3 Å². The quantitative estimate of drug-likeness (QED) is 0.605. The Morgan fingerprint density at radius 2 is 1.80 bits per heavy atom. The standard InChI is InChI=1S/C11H25NO3/c1-4-11(5-2,9-12)15-8-10(13)7-14-6-3/h10,13H,4-9,12H2,1-3H3. The highest BCUT2D eigenvalue weighted by molar-refractivity contribution is 4.79. The molecule has 0 aliphatic heterocycles. The first-order valence-electron chi connectivity index (χ1n) is 5.74. The van der Waals surface area contributed by atoms with Crippen LogP contribution in [-0.4, -0.2) is 43.2 Å². The van der Waals surface area contributed by atoms with Gasteiger partial charge in [-0.05, 0) is 19.8 Å². The average molecular weight is 219 g/mol. The van der Waals surface area contributed by atoms with Crippen LogP contribution in [0.25, 0.3) is 0 Å². The molecule has 0 rings (SSSR count). The minimum absolute atomic E-state index is 0.285. The third-order valence-corrected chi connectivity index (χ3v) is 2.76. The highest BCUT2D eigenvalue weighted by Crippen LogP contribution is 2.19. The molecular weight excluding hydrogens is 194 g/mol. The van der Waals surface area contributed by atoms with E-state index in [9.17, 15) is 5.11 Å². The first-order chi connectivity index (χ1) is 7.14. The predicted molar refractivity (Wildman–Crippen MR) is 60.8 cm³/mol. The van der Waals surface area contributed by atoms with Crippen molar-refractivity contribution in [3.8, 4) is 0 Å². The van der Waals surface area contributed by atoms with Gasteiger partial charge in [0, 0.05) is 13.2 Å². The molecule has 0 aromatic heterocycles. The lowest BCUT2D eigenvalue weighted by atomic mass is 9.97. The highest BCUT2D eigenvalue weighted by atomic mass is 16.5. The van der Waals surface area contributed by atoms with Crippen LogP contribution in [0, 0.1) is 0 Å². The lowest BCUT2D eigenvalue weighted by Crippen LogP contribution is -2.42. The topological polar surface area (TPSA) is 64.7 Å². The SMILES string of the molecule is CCOCC(O)COC(CC)(CC)CN. The minimum Gasteiger partial charge on any atom is -0.388 e. The van der Waals surface area contributed by atoms with E-state index in [2.05, 4.69) is 0 Å². The van der Waals surface area contributed by atoms with Gasteiger partial charge in [-0.3, -0.25) is 0 Å². The molecule has 0 fully saturated rings. The first kappa shape index (κ1) is 14.8. The van der Waals surface area contributed by atoms with Crippen molar-refractivity contribution in [2.75, 3.05) is 26.4 Å². The molecule has 3 N–H and O–H groups in total. The van der Waals surface area contributed by atoms with E-state index >= 15 is 0 Å². The number of rotatable bonds is 9. The van der Waals surface area contributed by atoms with E-state index in [1.54, 1.807) is 0 Å². The molecule has 0 aliphatic carbocycles.